The Morgan fingerprint density at radius 3 is 2.92 bits per heavy atom. The molecule has 0 spiro atoms. The average molecular weight is 179 g/mol. The van der Waals surface area contributed by atoms with Crippen LogP contribution in [-0.4, -0.2) is 23.3 Å². The molecule has 3 nitrogen and oxygen atoms in total. The Balaban J connectivity index is 2.29. The molecule has 0 bridgehead atoms. The summed E-state index contributed by atoms with van der Waals surface area (Å²) < 4.78 is 5.17. The van der Waals surface area contributed by atoms with Crippen LogP contribution in [0.5, 0.6) is 0 Å². The Morgan fingerprint density at radius 2 is 2.38 bits per heavy atom. The molecule has 0 aliphatic carbocycles. The maximum Gasteiger partial charge on any atom is 0.117 e. The minimum Gasteiger partial charge on any atom is -0.383 e. The lowest BCUT2D eigenvalue weighted by Crippen LogP contribution is -2.25. The van der Waals surface area contributed by atoms with Crippen molar-refractivity contribution in [2.75, 3.05) is 13.2 Å². The standard InChI is InChI=1S/C10H13NO2/c1-8-2-3-9(6-11-8)10(12)4-5-13-7-10/h2-3,6,12H,4-5,7H2,1H3/t10-/m0/s1. The van der Waals surface area contributed by atoms with Gasteiger partial charge in [0, 0.05) is 30.5 Å². The van der Waals surface area contributed by atoms with E-state index in [2.05, 4.69) is 4.98 Å². The van der Waals surface area contributed by atoms with Crippen molar-refractivity contribution in [2.45, 2.75) is 18.9 Å². The van der Waals surface area contributed by atoms with Crippen LogP contribution in [0.4, 0.5) is 0 Å². The van der Waals surface area contributed by atoms with Crippen LogP contribution in [-0.2, 0) is 10.3 Å². The summed E-state index contributed by atoms with van der Waals surface area (Å²) in [5.74, 6) is 0. The highest BCUT2D eigenvalue weighted by Crippen LogP contribution is 2.29. The fraction of sp³-hybridized carbons (Fsp3) is 0.500. The van der Waals surface area contributed by atoms with Gasteiger partial charge in [-0.2, -0.15) is 0 Å². The summed E-state index contributed by atoms with van der Waals surface area (Å²) in [6.45, 7) is 2.95. The first-order chi connectivity index (χ1) is 6.21. The molecule has 70 valence electrons. The smallest absolute Gasteiger partial charge is 0.117 e. The molecule has 1 fully saturated rings. The molecule has 3 heteroatoms. The Kier molecular flexibility index (Phi) is 2.06. The van der Waals surface area contributed by atoms with Crippen molar-refractivity contribution in [2.24, 2.45) is 0 Å². The highest BCUT2D eigenvalue weighted by Gasteiger charge is 2.34. The predicted molar refractivity (Wildman–Crippen MR) is 48.3 cm³/mol. The van der Waals surface area contributed by atoms with Gasteiger partial charge in [-0.3, -0.25) is 4.98 Å². The van der Waals surface area contributed by atoms with E-state index in [0.717, 1.165) is 11.3 Å². The van der Waals surface area contributed by atoms with Crippen molar-refractivity contribution < 1.29 is 9.84 Å². The molecule has 2 rings (SSSR count). The number of nitrogens with zero attached hydrogens (tertiary/aromatic N) is 1. The SMILES string of the molecule is Cc1ccc([C@]2(O)CCOC2)cn1. The largest absolute Gasteiger partial charge is 0.383 e. The summed E-state index contributed by atoms with van der Waals surface area (Å²) in [6, 6.07) is 3.82. The zero-order valence-corrected chi connectivity index (χ0v) is 7.66. The Hall–Kier alpha value is -0.930. The Labute approximate surface area is 77.4 Å². The van der Waals surface area contributed by atoms with Crippen LogP contribution in [0.3, 0.4) is 0 Å². The molecule has 0 amide bonds. The summed E-state index contributed by atoms with van der Waals surface area (Å²) in [7, 11) is 0. The van der Waals surface area contributed by atoms with Crippen LogP contribution in [0.25, 0.3) is 0 Å². The zero-order valence-electron chi connectivity index (χ0n) is 7.66. The van der Waals surface area contributed by atoms with Gasteiger partial charge in [-0.25, -0.2) is 0 Å². The van der Waals surface area contributed by atoms with Crippen LogP contribution in [0, 0.1) is 6.92 Å². The van der Waals surface area contributed by atoms with Crippen molar-refractivity contribution in [1.29, 1.82) is 0 Å². The fourth-order valence-corrected chi connectivity index (χ4v) is 1.52. The molecule has 1 aliphatic rings. The van der Waals surface area contributed by atoms with Gasteiger partial charge in [0.25, 0.3) is 0 Å². The molecule has 2 heterocycles. The van der Waals surface area contributed by atoms with Gasteiger partial charge in [0.2, 0.25) is 0 Å². The number of hydrogen-bond donors (Lipinski definition) is 1. The molecular weight excluding hydrogens is 166 g/mol. The van der Waals surface area contributed by atoms with Gasteiger partial charge in [0.1, 0.15) is 5.60 Å². The van der Waals surface area contributed by atoms with E-state index < -0.39 is 5.60 Å². The highest BCUT2D eigenvalue weighted by atomic mass is 16.5. The molecule has 0 radical (unpaired) electrons. The molecule has 0 saturated carbocycles. The summed E-state index contributed by atoms with van der Waals surface area (Å²) in [5.41, 5.74) is 1.02. The second kappa shape index (κ2) is 3.09. The van der Waals surface area contributed by atoms with E-state index in [1.54, 1.807) is 6.20 Å². The van der Waals surface area contributed by atoms with Crippen LogP contribution >= 0.6 is 0 Å². The second-order valence-electron chi connectivity index (χ2n) is 3.52. The summed E-state index contributed by atoms with van der Waals surface area (Å²) in [4.78, 5) is 4.15. The summed E-state index contributed by atoms with van der Waals surface area (Å²) in [5, 5.41) is 10.1. The molecule has 1 aromatic heterocycles. The van der Waals surface area contributed by atoms with Crippen LogP contribution in [0.15, 0.2) is 18.3 Å². The zero-order chi connectivity index (χ0) is 9.31. The number of aromatic nitrogens is 1. The fourth-order valence-electron chi connectivity index (χ4n) is 1.52. The van der Waals surface area contributed by atoms with Crippen LogP contribution in [0.2, 0.25) is 0 Å². The predicted octanol–water partition coefficient (Wildman–Crippen LogP) is 0.998. The van der Waals surface area contributed by atoms with Crippen molar-refractivity contribution in [3.63, 3.8) is 0 Å². The lowest BCUT2D eigenvalue weighted by molar-refractivity contribution is 0.0229. The van der Waals surface area contributed by atoms with Crippen molar-refractivity contribution in [3.05, 3.63) is 29.6 Å². The van der Waals surface area contributed by atoms with Gasteiger partial charge >= 0.3 is 0 Å². The summed E-state index contributed by atoms with van der Waals surface area (Å²) in [6.07, 6.45) is 2.39. The molecule has 13 heavy (non-hydrogen) atoms. The molecule has 1 N–H and O–H groups in total. The second-order valence-corrected chi connectivity index (χ2v) is 3.52. The number of aliphatic hydroxyl groups is 1. The van der Waals surface area contributed by atoms with E-state index in [0.29, 0.717) is 19.6 Å². The third-order valence-electron chi connectivity index (χ3n) is 2.45. The number of ether oxygens (including phenoxy) is 1. The first-order valence-corrected chi connectivity index (χ1v) is 4.44. The van der Waals surface area contributed by atoms with E-state index in [9.17, 15) is 5.11 Å². The first kappa shape index (κ1) is 8.66. The van der Waals surface area contributed by atoms with Crippen molar-refractivity contribution in [3.8, 4) is 0 Å². The number of pyridine rings is 1. The van der Waals surface area contributed by atoms with Gasteiger partial charge in [-0.05, 0) is 13.0 Å². The number of rotatable bonds is 1. The van der Waals surface area contributed by atoms with Crippen molar-refractivity contribution in [1.82, 2.24) is 4.98 Å². The molecule has 1 aliphatic heterocycles. The quantitative estimate of drug-likeness (QED) is 0.699. The molecule has 1 aromatic rings. The van der Waals surface area contributed by atoms with Gasteiger partial charge in [0.15, 0.2) is 0 Å². The summed E-state index contributed by atoms with van der Waals surface area (Å²) >= 11 is 0. The van der Waals surface area contributed by atoms with Crippen LogP contribution < -0.4 is 0 Å². The first-order valence-electron chi connectivity index (χ1n) is 4.44. The van der Waals surface area contributed by atoms with E-state index in [1.165, 1.54) is 0 Å². The number of aryl methyl sites for hydroxylation is 1. The molecule has 1 atom stereocenters. The van der Waals surface area contributed by atoms with E-state index in [4.69, 9.17) is 4.74 Å². The minimum absolute atomic E-state index is 0.387. The third-order valence-corrected chi connectivity index (χ3v) is 2.45. The molecular formula is C10H13NO2. The molecule has 1 saturated heterocycles. The average Bonchev–Trinajstić information content (AvgIpc) is 2.54. The van der Waals surface area contributed by atoms with Crippen LogP contribution in [0.1, 0.15) is 17.7 Å². The van der Waals surface area contributed by atoms with E-state index >= 15 is 0 Å². The van der Waals surface area contributed by atoms with E-state index in [1.807, 2.05) is 19.1 Å². The van der Waals surface area contributed by atoms with Crippen molar-refractivity contribution >= 4 is 0 Å². The van der Waals surface area contributed by atoms with Gasteiger partial charge in [-0.15, -0.1) is 0 Å². The topological polar surface area (TPSA) is 42.4 Å². The Morgan fingerprint density at radius 1 is 1.54 bits per heavy atom. The number of hydrogen-bond acceptors (Lipinski definition) is 3. The lowest BCUT2D eigenvalue weighted by Gasteiger charge is -2.20. The van der Waals surface area contributed by atoms with Gasteiger partial charge in [-0.1, -0.05) is 6.07 Å². The normalized spacial score (nSPS) is 27.8. The maximum absolute atomic E-state index is 10.1. The monoisotopic (exact) mass is 179 g/mol. The van der Waals surface area contributed by atoms with Gasteiger partial charge < -0.3 is 9.84 Å². The Bertz CT molecular complexity index is 288. The minimum atomic E-state index is -0.805. The molecule has 0 aromatic carbocycles. The third kappa shape index (κ3) is 1.57. The molecule has 0 unspecified atom stereocenters. The maximum atomic E-state index is 10.1. The van der Waals surface area contributed by atoms with Gasteiger partial charge in [0.05, 0.1) is 6.61 Å². The highest BCUT2D eigenvalue weighted by molar-refractivity contribution is 5.21. The lowest BCUT2D eigenvalue weighted by atomic mass is 9.95. The van der Waals surface area contributed by atoms with E-state index in [-0.39, 0.29) is 0 Å².